The highest BCUT2D eigenvalue weighted by molar-refractivity contribution is 4.76. The second kappa shape index (κ2) is 3.53. The van der Waals surface area contributed by atoms with E-state index in [0.29, 0.717) is 18.4 Å². The van der Waals surface area contributed by atoms with Crippen molar-refractivity contribution in [2.75, 3.05) is 26.4 Å². The van der Waals surface area contributed by atoms with Gasteiger partial charge < -0.3 is 19.9 Å². The first-order valence-electron chi connectivity index (χ1n) is 4.86. The molecule has 3 saturated heterocycles. The zero-order valence-electron chi connectivity index (χ0n) is 7.99. The molecule has 4 nitrogen and oxygen atoms in total. The van der Waals surface area contributed by atoms with Crippen LogP contribution in [-0.4, -0.2) is 32.3 Å². The molecule has 0 radical (unpaired) electrons. The summed E-state index contributed by atoms with van der Waals surface area (Å²) in [7, 11) is 0. The Morgan fingerprint density at radius 2 is 1.85 bits per heavy atom. The van der Waals surface area contributed by atoms with Crippen LogP contribution in [-0.2, 0) is 14.2 Å². The van der Waals surface area contributed by atoms with Crippen molar-refractivity contribution in [3.05, 3.63) is 0 Å². The van der Waals surface area contributed by atoms with Crippen molar-refractivity contribution in [2.45, 2.75) is 19.3 Å². The van der Waals surface area contributed by atoms with Crippen molar-refractivity contribution in [1.29, 1.82) is 0 Å². The van der Waals surface area contributed by atoms with Crippen LogP contribution in [0.2, 0.25) is 0 Å². The second-order valence-electron chi connectivity index (χ2n) is 4.03. The van der Waals surface area contributed by atoms with Crippen LogP contribution in [0.5, 0.6) is 0 Å². The van der Waals surface area contributed by atoms with Gasteiger partial charge in [0.25, 0.3) is 5.97 Å². The molecule has 2 N–H and O–H groups in total. The molecule has 76 valence electrons. The van der Waals surface area contributed by atoms with Gasteiger partial charge in [0.05, 0.1) is 19.8 Å². The van der Waals surface area contributed by atoms with E-state index in [0.717, 1.165) is 26.2 Å². The topological polar surface area (TPSA) is 53.7 Å². The molecule has 0 aromatic carbocycles. The maximum absolute atomic E-state index is 5.55. The van der Waals surface area contributed by atoms with Gasteiger partial charge >= 0.3 is 0 Å². The minimum atomic E-state index is -0.770. The lowest BCUT2D eigenvalue weighted by Crippen LogP contribution is -2.54. The van der Waals surface area contributed by atoms with Crippen LogP contribution in [0, 0.1) is 11.8 Å². The van der Waals surface area contributed by atoms with Crippen LogP contribution in [0.1, 0.15) is 13.3 Å². The van der Waals surface area contributed by atoms with Gasteiger partial charge in [-0.1, -0.05) is 6.92 Å². The molecule has 3 aliphatic heterocycles. The summed E-state index contributed by atoms with van der Waals surface area (Å²) in [6, 6.07) is 0. The third kappa shape index (κ3) is 1.86. The zero-order valence-corrected chi connectivity index (χ0v) is 7.99. The molecule has 3 heterocycles. The maximum atomic E-state index is 5.55. The first-order valence-corrected chi connectivity index (χ1v) is 4.86. The highest BCUT2D eigenvalue weighted by atomic mass is 16.9. The molecule has 1 atom stereocenters. The molecule has 3 aliphatic rings. The van der Waals surface area contributed by atoms with E-state index in [-0.39, 0.29) is 0 Å². The molecule has 0 saturated carbocycles. The summed E-state index contributed by atoms with van der Waals surface area (Å²) >= 11 is 0. The van der Waals surface area contributed by atoms with Gasteiger partial charge in [-0.25, -0.2) is 0 Å². The number of hydrogen-bond acceptors (Lipinski definition) is 4. The molecule has 2 bridgehead atoms. The van der Waals surface area contributed by atoms with Crippen molar-refractivity contribution in [1.82, 2.24) is 0 Å². The second-order valence-corrected chi connectivity index (χ2v) is 4.03. The van der Waals surface area contributed by atoms with Gasteiger partial charge in [-0.05, 0) is 12.5 Å². The lowest BCUT2D eigenvalue weighted by molar-refractivity contribution is -0.452. The molecular weight excluding hydrogens is 170 g/mol. The Morgan fingerprint density at radius 3 is 2.31 bits per heavy atom. The quantitative estimate of drug-likeness (QED) is 0.691. The summed E-state index contributed by atoms with van der Waals surface area (Å²) < 4.78 is 16.6. The van der Waals surface area contributed by atoms with Gasteiger partial charge in [-0.3, -0.25) is 0 Å². The van der Waals surface area contributed by atoms with E-state index in [1.54, 1.807) is 0 Å². The first kappa shape index (κ1) is 9.40. The summed E-state index contributed by atoms with van der Waals surface area (Å²) in [4.78, 5) is 0. The normalized spacial score (nSPS) is 40.6. The molecule has 0 amide bonds. The molecule has 3 fully saturated rings. The zero-order chi connectivity index (χ0) is 9.31. The highest BCUT2D eigenvalue weighted by Gasteiger charge is 2.45. The van der Waals surface area contributed by atoms with Crippen LogP contribution in [0.15, 0.2) is 0 Å². The molecule has 13 heavy (non-hydrogen) atoms. The summed E-state index contributed by atoms with van der Waals surface area (Å²) in [6.07, 6.45) is 0.732. The van der Waals surface area contributed by atoms with Gasteiger partial charge in [0.15, 0.2) is 0 Å². The van der Waals surface area contributed by atoms with Crippen molar-refractivity contribution in [3.8, 4) is 0 Å². The number of rotatable bonds is 3. The molecule has 0 aromatic heterocycles. The SMILES string of the molecule is CC(CN)CC12OCC(CO1)CO2. The molecule has 0 spiro atoms. The van der Waals surface area contributed by atoms with E-state index >= 15 is 0 Å². The lowest BCUT2D eigenvalue weighted by atomic mass is 10.0. The third-order valence-electron chi connectivity index (χ3n) is 2.62. The van der Waals surface area contributed by atoms with Crippen molar-refractivity contribution >= 4 is 0 Å². The van der Waals surface area contributed by atoms with E-state index in [1.165, 1.54) is 0 Å². The molecule has 4 heteroatoms. The van der Waals surface area contributed by atoms with E-state index in [1.807, 2.05) is 0 Å². The molecule has 0 aliphatic carbocycles. The van der Waals surface area contributed by atoms with Crippen molar-refractivity contribution in [2.24, 2.45) is 17.6 Å². The maximum Gasteiger partial charge on any atom is 0.283 e. The summed E-state index contributed by atoms with van der Waals surface area (Å²) in [5, 5.41) is 0. The predicted molar refractivity (Wildman–Crippen MR) is 46.9 cm³/mol. The van der Waals surface area contributed by atoms with Crippen LogP contribution in [0.3, 0.4) is 0 Å². The summed E-state index contributed by atoms with van der Waals surface area (Å²) in [6.45, 7) is 5.00. The first-order chi connectivity index (χ1) is 6.24. The Balaban J connectivity index is 1.94. The van der Waals surface area contributed by atoms with Gasteiger partial charge in [-0.2, -0.15) is 0 Å². The van der Waals surface area contributed by atoms with Crippen LogP contribution in [0.25, 0.3) is 0 Å². The minimum absolute atomic E-state index is 0.370. The number of fused-ring (bicyclic) bond motifs is 3. The van der Waals surface area contributed by atoms with Gasteiger partial charge in [0.2, 0.25) is 0 Å². The molecule has 0 aromatic rings. The molecular formula is C9H17NO3. The number of ether oxygens (including phenoxy) is 3. The fourth-order valence-corrected chi connectivity index (χ4v) is 1.69. The fourth-order valence-electron chi connectivity index (χ4n) is 1.69. The van der Waals surface area contributed by atoms with Crippen LogP contribution in [0.4, 0.5) is 0 Å². The smallest absolute Gasteiger partial charge is 0.283 e. The standard InChI is InChI=1S/C9H17NO3/c1-7(3-10)2-9-11-4-8(5-12-9)6-13-9/h7-8H,2-6,10H2,1H3. The Kier molecular flexibility index (Phi) is 2.55. The molecule has 3 rings (SSSR count). The van der Waals surface area contributed by atoms with Gasteiger partial charge in [0.1, 0.15) is 0 Å². The number of hydrogen-bond donors (Lipinski definition) is 1. The average Bonchev–Trinajstić information content (AvgIpc) is 2.20. The van der Waals surface area contributed by atoms with E-state index in [2.05, 4.69) is 6.92 Å². The van der Waals surface area contributed by atoms with E-state index in [9.17, 15) is 0 Å². The van der Waals surface area contributed by atoms with Gasteiger partial charge in [0, 0.05) is 12.3 Å². The Bertz CT molecular complexity index is 164. The van der Waals surface area contributed by atoms with E-state index < -0.39 is 5.97 Å². The summed E-state index contributed by atoms with van der Waals surface area (Å²) in [5.41, 5.74) is 5.55. The van der Waals surface area contributed by atoms with Crippen LogP contribution >= 0.6 is 0 Å². The van der Waals surface area contributed by atoms with Crippen LogP contribution < -0.4 is 5.73 Å². The molecule has 1 unspecified atom stereocenters. The largest absolute Gasteiger partial charge is 0.330 e. The van der Waals surface area contributed by atoms with E-state index in [4.69, 9.17) is 19.9 Å². The Labute approximate surface area is 78.3 Å². The lowest BCUT2D eigenvalue weighted by Gasteiger charge is -2.46. The van der Waals surface area contributed by atoms with Gasteiger partial charge in [-0.15, -0.1) is 0 Å². The number of nitrogens with two attached hydrogens (primary N) is 1. The highest BCUT2D eigenvalue weighted by Crippen LogP contribution is 2.34. The summed E-state index contributed by atoms with van der Waals surface area (Å²) in [5.74, 6) is 0.0257. The third-order valence-corrected chi connectivity index (χ3v) is 2.62. The fraction of sp³-hybridized carbons (Fsp3) is 1.00. The van der Waals surface area contributed by atoms with Crippen molar-refractivity contribution < 1.29 is 14.2 Å². The average molecular weight is 187 g/mol. The Morgan fingerprint density at radius 1 is 1.31 bits per heavy atom. The Hall–Kier alpha value is -0.160. The van der Waals surface area contributed by atoms with Crippen molar-refractivity contribution in [3.63, 3.8) is 0 Å². The predicted octanol–water partition coefficient (Wildman–Crippen LogP) is 0.318. The monoisotopic (exact) mass is 187 g/mol. The minimum Gasteiger partial charge on any atom is -0.330 e.